The molecule has 1 unspecified atom stereocenters. The van der Waals surface area contributed by atoms with Gasteiger partial charge in [-0.3, -0.25) is 4.79 Å². The summed E-state index contributed by atoms with van der Waals surface area (Å²) >= 11 is 6.03. The van der Waals surface area contributed by atoms with Gasteiger partial charge in [-0.25, -0.2) is 0 Å². The van der Waals surface area contributed by atoms with Crippen molar-refractivity contribution in [3.8, 4) is 11.5 Å². The Balaban J connectivity index is 1.85. The average Bonchev–Trinajstić information content (AvgIpc) is 2.97. The quantitative estimate of drug-likeness (QED) is 0.690. The zero-order valence-corrected chi connectivity index (χ0v) is 15.8. The minimum absolute atomic E-state index is 0.237. The Labute approximate surface area is 156 Å². The van der Waals surface area contributed by atoms with E-state index in [1.165, 1.54) is 0 Å². The lowest BCUT2D eigenvalue weighted by Crippen LogP contribution is -2.26. The van der Waals surface area contributed by atoms with Gasteiger partial charge in [-0.1, -0.05) is 17.7 Å². The van der Waals surface area contributed by atoms with Gasteiger partial charge in [0.25, 0.3) is 5.91 Å². The van der Waals surface area contributed by atoms with Crippen molar-refractivity contribution in [3.05, 3.63) is 58.3 Å². The fraction of sp³-hybridized carbons (Fsp3) is 0.250. The Morgan fingerprint density at radius 3 is 2.54 bits per heavy atom. The molecule has 0 spiro atoms. The molecule has 1 atom stereocenters. The standard InChI is InChI=1S/C20H20ClNO4/c1-11-15-10-14(21)6-8-16(15)26-19(11)20(23)22-12(2)13-5-7-17(24-3)18(9-13)25-4/h5-10,12H,1-4H3,(H,22,23). The molecule has 0 aliphatic rings. The van der Waals surface area contributed by atoms with Gasteiger partial charge in [0.1, 0.15) is 5.58 Å². The van der Waals surface area contributed by atoms with Crippen LogP contribution in [-0.2, 0) is 0 Å². The van der Waals surface area contributed by atoms with Gasteiger partial charge < -0.3 is 19.2 Å². The second kappa shape index (κ2) is 7.30. The number of halogens is 1. The topological polar surface area (TPSA) is 60.7 Å². The van der Waals surface area contributed by atoms with Gasteiger partial charge in [-0.2, -0.15) is 0 Å². The van der Waals surface area contributed by atoms with Gasteiger partial charge in [0.2, 0.25) is 0 Å². The van der Waals surface area contributed by atoms with E-state index < -0.39 is 0 Å². The normalized spacial score (nSPS) is 12.0. The van der Waals surface area contributed by atoms with Gasteiger partial charge in [0, 0.05) is 16.0 Å². The van der Waals surface area contributed by atoms with Crippen molar-refractivity contribution in [2.24, 2.45) is 0 Å². The van der Waals surface area contributed by atoms with Crippen LogP contribution >= 0.6 is 11.6 Å². The smallest absolute Gasteiger partial charge is 0.287 e. The number of rotatable bonds is 5. The molecule has 3 aromatic rings. The van der Waals surface area contributed by atoms with Crippen molar-refractivity contribution in [3.63, 3.8) is 0 Å². The van der Waals surface area contributed by atoms with Gasteiger partial charge in [0.05, 0.1) is 20.3 Å². The number of furan rings is 1. The second-order valence-electron chi connectivity index (χ2n) is 6.01. The summed E-state index contributed by atoms with van der Waals surface area (Å²) in [5.41, 5.74) is 2.29. The number of hydrogen-bond donors (Lipinski definition) is 1. The summed E-state index contributed by atoms with van der Waals surface area (Å²) in [6.45, 7) is 3.74. The van der Waals surface area contributed by atoms with Crippen LogP contribution in [0.25, 0.3) is 11.0 Å². The maximum absolute atomic E-state index is 12.7. The lowest BCUT2D eigenvalue weighted by molar-refractivity contribution is 0.0913. The van der Waals surface area contributed by atoms with E-state index in [1.54, 1.807) is 32.4 Å². The number of aryl methyl sites for hydroxylation is 1. The number of nitrogens with one attached hydrogen (secondary N) is 1. The number of hydrogen-bond acceptors (Lipinski definition) is 4. The van der Waals surface area contributed by atoms with Gasteiger partial charge in [-0.05, 0) is 49.7 Å². The van der Waals surface area contributed by atoms with Crippen LogP contribution in [0.4, 0.5) is 0 Å². The molecule has 0 fully saturated rings. The fourth-order valence-corrected chi connectivity index (χ4v) is 3.05. The monoisotopic (exact) mass is 373 g/mol. The molecule has 1 amide bonds. The molecular weight excluding hydrogens is 354 g/mol. The number of ether oxygens (including phenoxy) is 2. The highest BCUT2D eigenvalue weighted by atomic mass is 35.5. The third-order valence-corrected chi connectivity index (χ3v) is 4.59. The molecule has 0 saturated heterocycles. The summed E-state index contributed by atoms with van der Waals surface area (Å²) in [5, 5.41) is 4.39. The molecule has 5 nitrogen and oxygen atoms in total. The number of amides is 1. The van der Waals surface area contributed by atoms with E-state index in [-0.39, 0.29) is 17.7 Å². The first-order chi connectivity index (χ1) is 12.4. The molecule has 136 valence electrons. The largest absolute Gasteiger partial charge is 0.493 e. The molecule has 0 bridgehead atoms. The van der Waals surface area contributed by atoms with Crippen molar-refractivity contribution in [2.75, 3.05) is 14.2 Å². The molecule has 1 aromatic heterocycles. The molecule has 2 aromatic carbocycles. The zero-order chi connectivity index (χ0) is 18.8. The Hall–Kier alpha value is -2.66. The van der Waals surface area contributed by atoms with E-state index in [2.05, 4.69) is 5.32 Å². The molecule has 3 rings (SSSR count). The molecule has 1 heterocycles. The van der Waals surface area contributed by atoms with Crippen LogP contribution in [-0.4, -0.2) is 20.1 Å². The number of benzene rings is 2. The number of carbonyl (C=O) groups is 1. The lowest BCUT2D eigenvalue weighted by atomic mass is 10.1. The Bertz CT molecular complexity index is 964. The molecule has 6 heteroatoms. The summed E-state index contributed by atoms with van der Waals surface area (Å²) in [4.78, 5) is 12.7. The summed E-state index contributed by atoms with van der Waals surface area (Å²) < 4.78 is 16.3. The van der Waals surface area contributed by atoms with Crippen LogP contribution in [0.15, 0.2) is 40.8 Å². The minimum atomic E-state index is -0.280. The van der Waals surface area contributed by atoms with Gasteiger partial charge in [-0.15, -0.1) is 0 Å². The highest BCUT2D eigenvalue weighted by molar-refractivity contribution is 6.31. The highest BCUT2D eigenvalue weighted by Gasteiger charge is 2.20. The lowest BCUT2D eigenvalue weighted by Gasteiger charge is -2.16. The maximum Gasteiger partial charge on any atom is 0.287 e. The van der Waals surface area contributed by atoms with E-state index >= 15 is 0 Å². The van der Waals surface area contributed by atoms with Gasteiger partial charge in [0.15, 0.2) is 17.3 Å². The van der Waals surface area contributed by atoms with E-state index in [0.717, 1.165) is 16.5 Å². The Morgan fingerprint density at radius 1 is 1.12 bits per heavy atom. The average molecular weight is 374 g/mol. The van der Waals surface area contributed by atoms with E-state index in [4.69, 9.17) is 25.5 Å². The predicted octanol–water partition coefficient (Wildman–Crippen LogP) is 4.90. The fourth-order valence-electron chi connectivity index (χ4n) is 2.88. The van der Waals surface area contributed by atoms with Crippen LogP contribution in [0.2, 0.25) is 5.02 Å². The second-order valence-corrected chi connectivity index (χ2v) is 6.44. The summed E-state index contributed by atoms with van der Waals surface area (Å²) in [6, 6.07) is 10.6. The summed E-state index contributed by atoms with van der Waals surface area (Å²) in [5.74, 6) is 1.26. The predicted molar refractivity (Wildman–Crippen MR) is 101 cm³/mol. The van der Waals surface area contributed by atoms with Crippen molar-refractivity contribution in [1.82, 2.24) is 5.32 Å². The molecule has 0 saturated carbocycles. The molecule has 1 N–H and O–H groups in total. The van der Waals surface area contributed by atoms with Crippen molar-refractivity contribution in [2.45, 2.75) is 19.9 Å². The summed E-state index contributed by atoms with van der Waals surface area (Å²) in [7, 11) is 3.16. The Morgan fingerprint density at radius 2 is 1.85 bits per heavy atom. The number of methoxy groups -OCH3 is 2. The molecule has 0 aliphatic carbocycles. The first-order valence-electron chi connectivity index (χ1n) is 8.16. The first-order valence-corrected chi connectivity index (χ1v) is 8.53. The van der Waals surface area contributed by atoms with Crippen LogP contribution in [0.1, 0.15) is 34.6 Å². The molecule has 0 radical (unpaired) electrons. The molecular formula is C20H20ClNO4. The third-order valence-electron chi connectivity index (χ3n) is 4.36. The SMILES string of the molecule is COc1ccc(C(C)NC(=O)c2oc3ccc(Cl)cc3c2C)cc1OC. The molecule has 26 heavy (non-hydrogen) atoms. The van der Waals surface area contributed by atoms with Crippen molar-refractivity contribution in [1.29, 1.82) is 0 Å². The van der Waals surface area contributed by atoms with Crippen LogP contribution < -0.4 is 14.8 Å². The van der Waals surface area contributed by atoms with Crippen LogP contribution in [0, 0.1) is 6.92 Å². The van der Waals surface area contributed by atoms with E-state index in [0.29, 0.717) is 22.1 Å². The van der Waals surface area contributed by atoms with E-state index in [9.17, 15) is 4.79 Å². The van der Waals surface area contributed by atoms with Crippen LogP contribution in [0.5, 0.6) is 11.5 Å². The maximum atomic E-state index is 12.7. The first kappa shape index (κ1) is 18.1. The Kier molecular flexibility index (Phi) is 5.09. The van der Waals surface area contributed by atoms with E-state index in [1.807, 2.05) is 32.0 Å². The highest BCUT2D eigenvalue weighted by Crippen LogP contribution is 2.31. The number of fused-ring (bicyclic) bond motifs is 1. The number of carbonyl (C=O) groups excluding carboxylic acids is 1. The summed E-state index contributed by atoms with van der Waals surface area (Å²) in [6.07, 6.45) is 0. The molecule has 0 aliphatic heterocycles. The zero-order valence-electron chi connectivity index (χ0n) is 15.1. The minimum Gasteiger partial charge on any atom is -0.493 e. The van der Waals surface area contributed by atoms with Crippen LogP contribution in [0.3, 0.4) is 0 Å². The third kappa shape index (κ3) is 3.35. The van der Waals surface area contributed by atoms with Gasteiger partial charge >= 0.3 is 0 Å². The van der Waals surface area contributed by atoms with Crippen molar-refractivity contribution >= 4 is 28.5 Å². The van der Waals surface area contributed by atoms with Crippen molar-refractivity contribution < 1.29 is 18.7 Å².